The van der Waals surface area contributed by atoms with Crippen molar-refractivity contribution >= 4 is 38.9 Å². The zero-order valence-corrected chi connectivity index (χ0v) is 12.1. The number of halogens is 2. The second-order valence-electron chi connectivity index (χ2n) is 4.37. The Morgan fingerprint density at radius 3 is 2.32 bits per heavy atom. The molecule has 1 atom stereocenters. The van der Waals surface area contributed by atoms with E-state index in [0.29, 0.717) is 0 Å². The molecule has 0 aromatic heterocycles. The number of nitriles is 1. The van der Waals surface area contributed by atoms with Crippen LogP contribution in [0.2, 0.25) is 10.0 Å². The summed E-state index contributed by atoms with van der Waals surface area (Å²) in [5.74, 6) is 0.0829. The molecule has 0 amide bonds. The van der Waals surface area contributed by atoms with E-state index in [1.54, 1.807) is 0 Å². The van der Waals surface area contributed by atoms with Crippen LogP contribution >= 0.6 is 23.2 Å². The van der Waals surface area contributed by atoms with Crippen LogP contribution in [0, 0.1) is 17.2 Å². The van der Waals surface area contributed by atoms with Crippen molar-refractivity contribution in [2.45, 2.75) is 23.8 Å². The molecule has 2 rings (SSSR count). The van der Waals surface area contributed by atoms with E-state index in [4.69, 9.17) is 34.2 Å². The van der Waals surface area contributed by atoms with Crippen molar-refractivity contribution in [3.63, 3.8) is 0 Å². The first kappa shape index (κ1) is 14.4. The maximum atomic E-state index is 12.1. The molecule has 5 nitrogen and oxygen atoms in total. The number of hydrogen-bond donors (Lipinski definition) is 2. The highest BCUT2D eigenvalue weighted by molar-refractivity contribution is 7.89. The van der Waals surface area contributed by atoms with Crippen LogP contribution in [0.1, 0.15) is 12.8 Å². The number of rotatable bonds is 4. The molecule has 1 aliphatic rings. The molecule has 0 bridgehead atoms. The Hall–Kier alpha value is -1.00. The van der Waals surface area contributed by atoms with Gasteiger partial charge in [0, 0.05) is 0 Å². The van der Waals surface area contributed by atoms with Gasteiger partial charge in [0.2, 0.25) is 10.0 Å². The van der Waals surface area contributed by atoms with E-state index < -0.39 is 16.1 Å². The lowest BCUT2D eigenvalue weighted by atomic mass is 10.2. The van der Waals surface area contributed by atoms with Crippen LogP contribution in [-0.4, -0.2) is 14.5 Å². The predicted octanol–water partition coefficient (Wildman–Crippen LogP) is 2.16. The normalized spacial score (nSPS) is 16.9. The Morgan fingerprint density at radius 1 is 1.37 bits per heavy atom. The Bertz CT molecular complexity index is 627. The van der Waals surface area contributed by atoms with Crippen molar-refractivity contribution in [3.05, 3.63) is 22.2 Å². The van der Waals surface area contributed by atoms with Gasteiger partial charge >= 0.3 is 0 Å². The van der Waals surface area contributed by atoms with Crippen molar-refractivity contribution in [2.75, 3.05) is 5.73 Å². The van der Waals surface area contributed by atoms with E-state index in [0.717, 1.165) is 12.8 Å². The smallest absolute Gasteiger partial charge is 0.241 e. The zero-order valence-electron chi connectivity index (χ0n) is 9.73. The minimum absolute atomic E-state index is 0.0628. The molecule has 1 aliphatic carbocycles. The standard InChI is InChI=1S/C11H11Cl2N3O2S/c12-8-3-7(4-9(13)11(8)15)19(17,18)16-10(5-14)6-1-2-6/h3-4,6,10,16H,1-2,15H2/t10-/m1/s1. The Balaban J connectivity index is 2.32. The summed E-state index contributed by atoms with van der Waals surface area (Å²) in [6, 6.07) is 3.66. The van der Waals surface area contributed by atoms with Gasteiger partial charge in [-0.15, -0.1) is 0 Å². The van der Waals surface area contributed by atoms with Crippen molar-refractivity contribution < 1.29 is 8.42 Å². The van der Waals surface area contributed by atoms with Crippen molar-refractivity contribution in [1.29, 1.82) is 5.26 Å². The monoisotopic (exact) mass is 319 g/mol. The number of hydrogen-bond acceptors (Lipinski definition) is 4. The van der Waals surface area contributed by atoms with Crippen LogP contribution in [0.5, 0.6) is 0 Å². The molecule has 0 radical (unpaired) electrons. The van der Waals surface area contributed by atoms with Gasteiger partial charge in [-0.1, -0.05) is 23.2 Å². The summed E-state index contributed by atoms with van der Waals surface area (Å²) in [5, 5.41) is 9.08. The van der Waals surface area contributed by atoms with Gasteiger partial charge in [0.05, 0.1) is 26.7 Å². The number of nitrogen functional groups attached to an aromatic ring is 1. The highest BCUT2D eigenvalue weighted by Crippen LogP contribution is 2.34. The van der Waals surface area contributed by atoms with E-state index in [9.17, 15) is 8.42 Å². The molecular formula is C11H11Cl2N3O2S. The molecule has 0 spiro atoms. The van der Waals surface area contributed by atoms with Gasteiger partial charge in [-0.3, -0.25) is 0 Å². The molecule has 0 unspecified atom stereocenters. The van der Waals surface area contributed by atoms with E-state index in [-0.39, 0.29) is 26.5 Å². The molecule has 8 heteroatoms. The van der Waals surface area contributed by atoms with Crippen LogP contribution in [0.25, 0.3) is 0 Å². The van der Waals surface area contributed by atoms with Gasteiger partial charge in [0.25, 0.3) is 0 Å². The first-order valence-corrected chi connectivity index (χ1v) is 7.75. The first-order valence-electron chi connectivity index (χ1n) is 5.51. The lowest BCUT2D eigenvalue weighted by molar-refractivity contribution is 0.560. The van der Waals surface area contributed by atoms with Crippen LogP contribution in [0.15, 0.2) is 17.0 Å². The highest BCUT2D eigenvalue weighted by Gasteiger charge is 2.34. The summed E-state index contributed by atoms with van der Waals surface area (Å²) < 4.78 is 26.6. The largest absolute Gasteiger partial charge is 0.396 e. The van der Waals surface area contributed by atoms with Crippen LogP contribution < -0.4 is 10.5 Å². The Labute approximate surface area is 121 Å². The van der Waals surface area contributed by atoms with Gasteiger partial charge in [0.1, 0.15) is 6.04 Å². The SMILES string of the molecule is N#C[C@@H](NS(=O)(=O)c1cc(Cl)c(N)c(Cl)c1)C1CC1. The number of anilines is 1. The average Bonchev–Trinajstić information content (AvgIpc) is 3.16. The summed E-state index contributed by atoms with van der Waals surface area (Å²) in [7, 11) is -3.84. The lowest BCUT2D eigenvalue weighted by Crippen LogP contribution is -2.35. The molecule has 0 heterocycles. The molecule has 1 fully saturated rings. The van der Waals surface area contributed by atoms with Crippen molar-refractivity contribution in [1.82, 2.24) is 4.72 Å². The number of nitrogens with zero attached hydrogens (tertiary/aromatic N) is 1. The number of sulfonamides is 1. The summed E-state index contributed by atoms with van der Waals surface area (Å²) in [5.41, 5.74) is 5.67. The Morgan fingerprint density at radius 2 is 1.89 bits per heavy atom. The third-order valence-corrected chi connectivity index (χ3v) is 4.92. The minimum atomic E-state index is -3.84. The van der Waals surface area contributed by atoms with Crippen molar-refractivity contribution in [3.8, 4) is 6.07 Å². The van der Waals surface area contributed by atoms with E-state index in [2.05, 4.69) is 4.72 Å². The van der Waals surface area contributed by atoms with Gasteiger partial charge < -0.3 is 5.73 Å². The van der Waals surface area contributed by atoms with Gasteiger partial charge in [0.15, 0.2) is 0 Å². The highest BCUT2D eigenvalue weighted by atomic mass is 35.5. The molecular weight excluding hydrogens is 309 g/mol. The van der Waals surface area contributed by atoms with E-state index >= 15 is 0 Å². The van der Waals surface area contributed by atoms with Crippen molar-refractivity contribution in [2.24, 2.45) is 5.92 Å². The molecule has 19 heavy (non-hydrogen) atoms. The lowest BCUT2D eigenvalue weighted by Gasteiger charge is -2.12. The fourth-order valence-electron chi connectivity index (χ4n) is 1.61. The second kappa shape index (κ2) is 5.17. The fraction of sp³-hybridized carbons (Fsp3) is 0.364. The zero-order chi connectivity index (χ0) is 14.2. The van der Waals surface area contributed by atoms with Gasteiger partial charge in [-0.2, -0.15) is 9.98 Å². The van der Waals surface area contributed by atoms with E-state index in [1.807, 2.05) is 6.07 Å². The average molecular weight is 320 g/mol. The molecule has 1 aromatic rings. The molecule has 1 aromatic carbocycles. The first-order chi connectivity index (χ1) is 8.85. The van der Waals surface area contributed by atoms with Gasteiger partial charge in [-0.25, -0.2) is 8.42 Å². The fourth-order valence-corrected chi connectivity index (χ4v) is 3.49. The maximum Gasteiger partial charge on any atom is 0.241 e. The number of benzene rings is 1. The van der Waals surface area contributed by atoms with Gasteiger partial charge in [-0.05, 0) is 30.9 Å². The second-order valence-corrected chi connectivity index (χ2v) is 6.89. The summed E-state index contributed by atoms with van der Waals surface area (Å²) >= 11 is 11.6. The molecule has 3 N–H and O–H groups in total. The Kier molecular flexibility index (Phi) is 3.92. The third kappa shape index (κ3) is 3.12. The quantitative estimate of drug-likeness (QED) is 0.831. The number of nitrogens with two attached hydrogens (primary N) is 1. The molecule has 0 saturated heterocycles. The topological polar surface area (TPSA) is 96.0 Å². The van der Waals surface area contributed by atoms with Crippen LogP contribution in [0.4, 0.5) is 5.69 Å². The maximum absolute atomic E-state index is 12.1. The van der Waals surface area contributed by atoms with E-state index in [1.165, 1.54) is 12.1 Å². The number of nitrogens with one attached hydrogen (secondary N) is 1. The molecule has 102 valence electrons. The predicted molar refractivity (Wildman–Crippen MR) is 73.3 cm³/mol. The summed E-state index contributed by atoms with van der Waals surface area (Å²) in [6.07, 6.45) is 1.70. The summed E-state index contributed by atoms with van der Waals surface area (Å²) in [4.78, 5) is -0.0994. The molecule has 0 aliphatic heterocycles. The van der Waals surface area contributed by atoms with Crippen LogP contribution in [0.3, 0.4) is 0 Å². The minimum Gasteiger partial charge on any atom is -0.396 e. The molecule has 1 saturated carbocycles. The summed E-state index contributed by atoms with van der Waals surface area (Å²) in [6.45, 7) is 0. The third-order valence-electron chi connectivity index (χ3n) is 2.88. The van der Waals surface area contributed by atoms with Crippen LogP contribution in [-0.2, 0) is 10.0 Å².